The van der Waals surface area contributed by atoms with Gasteiger partial charge in [0.25, 0.3) is 0 Å². The minimum Gasteiger partial charge on any atom is -0.490 e. The molecule has 8 aromatic rings. The van der Waals surface area contributed by atoms with Crippen LogP contribution >= 0.6 is 22.7 Å². The Hall–Kier alpha value is -11.2. The Balaban J connectivity index is 0.000000264. The Morgan fingerprint density at radius 2 is 0.870 bits per heavy atom. The molecule has 26 heteroatoms. The van der Waals surface area contributed by atoms with Crippen molar-refractivity contribution in [3.63, 3.8) is 0 Å². The van der Waals surface area contributed by atoms with Crippen LogP contribution in [0.15, 0.2) is 194 Å². The maximum Gasteiger partial charge on any atom is 0.343 e. The summed E-state index contributed by atoms with van der Waals surface area (Å²) in [5.74, 6) is 0.212. The van der Waals surface area contributed by atoms with Gasteiger partial charge in [-0.1, -0.05) is 125 Å². The number of para-hydroxylation sites is 2. The van der Waals surface area contributed by atoms with E-state index in [4.69, 9.17) is 52.1 Å². The fraction of sp³-hybridized carbons (Fsp3) is 0.382. The van der Waals surface area contributed by atoms with Crippen molar-refractivity contribution in [1.29, 1.82) is 0 Å². The molecule has 10 rings (SSSR count). The van der Waals surface area contributed by atoms with Gasteiger partial charge in [-0.05, 0) is 209 Å². The summed E-state index contributed by atoms with van der Waals surface area (Å²) in [5.41, 5.74) is 12.3. The molecule has 0 radical (unpaired) electrons. The SMILES string of the molecule is C=CC(=O)OCCCCOCC(COc1ccc(C(=O)Oc2ccc(C3CCC(CCC)CC3)cc2/C=N/Nc2nc3ccccc3s2)cc1)OC(=O)C=C.C=CC(=O)OCCCCOCC(COc1ccc(C(=O)Oc2ccc(C3CCC(CCC)CC3)cc2/C=N/Nc2nc3ccccc3s2)cc1)OC(=O)CCOC(=O)C=C. The number of nitrogens with one attached hydrogen (secondary N) is 2. The van der Waals surface area contributed by atoms with Gasteiger partial charge in [-0.2, -0.15) is 10.2 Å². The molecule has 0 saturated heterocycles. The third kappa shape index (κ3) is 29.9. The summed E-state index contributed by atoms with van der Waals surface area (Å²) in [6.45, 7) is 19.1. The number of thiazole rings is 2. The van der Waals surface area contributed by atoms with E-state index in [1.807, 2.05) is 66.7 Å². The molecule has 0 amide bonds. The Morgan fingerprint density at radius 1 is 0.470 bits per heavy atom. The Labute approximate surface area is 679 Å². The van der Waals surface area contributed by atoms with Crippen molar-refractivity contribution < 1.29 is 85.7 Å². The fourth-order valence-electron chi connectivity index (χ4n) is 13.1. The summed E-state index contributed by atoms with van der Waals surface area (Å²) in [6, 6.07) is 40.7. The molecule has 2 aliphatic carbocycles. The van der Waals surface area contributed by atoms with Gasteiger partial charge in [0.1, 0.15) is 42.8 Å². The van der Waals surface area contributed by atoms with Crippen molar-refractivity contribution >= 4 is 108 Å². The molecule has 24 nitrogen and oxygen atoms in total. The summed E-state index contributed by atoms with van der Waals surface area (Å²) in [4.78, 5) is 94.2. The third-order valence-corrected chi connectivity index (χ3v) is 21.0. The van der Waals surface area contributed by atoms with Crippen molar-refractivity contribution in [2.24, 2.45) is 22.0 Å². The van der Waals surface area contributed by atoms with Crippen LogP contribution in [0.25, 0.3) is 20.4 Å². The zero-order valence-electron chi connectivity index (χ0n) is 65.3. The van der Waals surface area contributed by atoms with E-state index in [1.165, 1.54) is 85.2 Å². The minimum absolute atomic E-state index is 0.0146. The van der Waals surface area contributed by atoms with Crippen LogP contribution in [-0.2, 0) is 57.1 Å². The molecule has 0 bridgehead atoms. The molecule has 0 spiro atoms. The number of hydrogen-bond acceptors (Lipinski definition) is 26. The smallest absolute Gasteiger partial charge is 0.343 e. The quantitative estimate of drug-likeness (QED) is 0.00681. The lowest BCUT2D eigenvalue weighted by Gasteiger charge is -2.29. The van der Waals surface area contributed by atoms with Crippen molar-refractivity contribution in [3.8, 4) is 23.0 Å². The second-order valence-corrected chi connectivity index (χ2v) is 29.6. The Morgan fingerprint density at radius 3 is 1.28 bits per heavy atom. The van der Waals surface area contributed by atoms with Gasteiger partial charge in [0.2, 0.25) is 10.3 Å². The second kappa shape index (κ2) is 48.1. The van der Waals surface area contributed by atoms with Gasteiger partial charge in [0.05, 0.1) is 76.8 Å². The van der Waals surface area contributed by atoms with Crippen LogP contribution in [0.2, 0.25) is 0 Å². The lowest BCUT2D eigenvalue weighted by molar-refractivity contribution is -0.156. The van der Waals surface area contributed by atoms with E-state index in [0.717, 1.165) is 82.3 Å². The molecule has 2 aliphatic rings. The zero-order valence-corrected chi connectivity index (χ0v) is 66.9. The van der Waals surface area contributed by atoms with Crippen LogP contribution in [0.1, 0.15) is 178 Å². The van der Waals surface area contributed by atoms with E-state index in [-0.39, 0.29) is 52.7 Å². The molecule has 2 fully saturated rings. The van der Waals surface area contributed by atoms with Gasteiger partial charge in [-0.15, -0.1) is 0 Å². The molecule has 2 heterocycles. The van der Waals surface area contributed by atoms with Crippen LogP contribution in [0.5, 0.6) is 23.0 Å². The molecule has 0 aliphatic heterocycles. The summed E-state index contributed by atoms with van der Waals surface area (Å²) >= 11 is 3.02. The number of hydrogen-bond donors (Lipinski definition) is 2. The Kier molecular flexibility index (Phi) is 36.7. The average molecular weight is 1610 g/mol. The number of carbonyl (C=O) groups is 7. The first-order chi connectivity index (χ1) is 56.1. The van der Waals surface area contributed by atoms with Gasteiger partial charge in [-0.3, -0.25) is 15.6 Å². The van der Waals surface area contributed by atoms with Gasteiger partial charge in [0, 0.05) is 48.6 Å². The first-order valence-electron chi connectivity index (χ1n) is 39.1. The van der Waals surface area contributed by atoms with E-state index in [2.05, 4.69) is 89.4 Å². The monoisotopic (exact) mass is 1610 g/mol. The Bertz CT molecular complexity index is 4500. The highest BCUT2D eigenvalue weighted by Gasteiger charge is 2.27. The molecule has 2 N–H and O–H groups in total. The van der Waals surface area contributed by atoms with Crippen LogP contribution < -0.4 is 29.8 Å². The minimum atomic E-state index is -0.797. The summed E-state index contributed by atoms with van der Waals surface area (Å²) in [5, 5.41) is 10.3. The number of hydrazone groups is 2. The third-order valence-electron chi connectivity index (χ3n) is 19.1. The summed E-state index contributed by atoms with van der Waals surface area (Å²) in [6.07, 6.45) is 22.8. The normalized spacial score (nSPS) is 15.7. The molecule has 115 heavy (non-hydrogen) atoms. The number of fused-ring (bicyclic) bond motifs is 2. The van der Waals surface area contributed by atoms with Crippen LogP contribution in [-0.4, -0.2) is 136 Å². The first kappa shape index (κ1) is 87.8. The zero-order chi connectivity index (χ0) is 81.4. The molecule has 2 atom stereocenters. The number of aromatic nitrogens is 2. The first-order valence-corrected chi connectivity index (χ1v) is 40.8. The highest BCUT2D eigenvalue weighted by Crippen LogP contribution is 2.41. The lowest BCUT2D eigenvalue weighted by atomic mass is 9.77. The molecule has 2 saturated carbocycles. The predicted octanol–water partition coefficient (Wildman–Crippen LogP) is 18.0. The molecule has 6 aromatic carbocycles. The lowest BCUT2D eigenvalue weighted by Crippen LogP contribution is -2.30. The highest BCUT2D eigenvalue weighted by atomic mass is 32.1. The van der Waals surface area contributed by atoms with E-state index >= 15 is 0 Å². The summed E-state index contributed by atoms with van der Waals surface area (Å²) in [7, 11) is 0. The number of benzene rings is 6. The summed E-state index contributed by atoms with van der Waals surface area (Å²) < 4.78 is 62.9. The van der Waals surface area contributed by atoms with Gasteiger partial charge >= 0.3 is 41.8 Å². The molecule has 608 valence electrons. The number of carbonyl (C=O) groups excluding carboxylic acids is 7. The van der Waals surface area contributed by atoms with E-state index < -0.39 is 54.0 Å². The van der Waals surface area contributed by atoms with Crippen molar-refractivity contribution in [2.75, 3.05) is 70.3 Å². The average Bonchev–Trinajstić information content (AvgIpc) is 1.82. The number of rotatable bonds is 45. The van der Waals surface area contributed by atoms with Crippen molar-refractivity contribution in [2.45, 2.75) is 147 Å². The number of anilines is 2. The predicted molar refractivity (Wildman–Crippen MR) is 446 cm³/mol. The van der Waals surface area contributed by atoms with Crippen LogP contribution in [0.4, 0.5) is 10.3 Å². The van der Waals surface area contributed by atoms with E-state index in [1.54, 1.807) is 61.0 Å². The van der Waals surface area contributed by atoms with Gasteiger partial charge in [-0.25, -0.2) is 38.7 Å². The van der Waals surface area contributed by atoms with Crippen LogP contribution in [0.3, 0.4) is 0 Å². The van der Waals surface area contributed by atoms with E-state index in [9.17, 15) is 33.6 Å². The number of ether oxygens (including phenoxy) is 11. The van der Waals surface area contributed by atoms with Crippen molar-refractivity contribution in [3.05, 3.63) is 217 Å². The largest absolute Gasteiger partial charge is 0.490 e. The highest BCUT2D eigenvalue weighted by molar-refractivity contribution is 7.22. The molecule has 2 aromatic heterocycles. The number of nitrogens with zero attached hydrogens (tertiary/aromatic N) is 4. The second-order valence-electron chi connectivity index (χ2n) is 27.6. The molecular weight excluding hydrogens is 1510 g/mol. The van der Waals surface area contributed by atoms with E-state index in [0.29, 0.717) is 106 Å². The molecule has 2 unspecified atom stereocenters. The van der Waals surface area contributed by atoms with Crippen molar-refractivity contribution in [1.82, 2.24) is 9.97 Å². The standard InChI is InChI=1S/C46H53N3O10S.C43H49N3O8S/c1-4-11-32-14-16-33(17-15-32)35-20-23-40(36(28-35)29-47-49-46-48-39-12-7-8-13-41(39)60-46)59-45(53)34-18-21-37(22-19-34)57-31-38(58-44(52)24-27-56-43(51)6-3)30-54-25-9-10-26-55-42(50)5-2;1-4-11-30-14-16-31(17-15-30)33-20-23-38(34(26-33)27-44-46-43-45-37-12-7-8-13-39(37)55-43)54-42(49)32-18-21-35(22-19-32)52-29-36(53-41(48)6-3)28-50-24-9-10-25-51-40(47)5-2/h5-8,12-13,18-23,28-29,32-33,38H,2-4,9-11,14-17,24-27,30-31H2,1H3,(H,48,49);5-8,12-13,18-23,26-27,30-31,36H,2-4,9-11,14-17,24-25,28-29H2,1H3,(H,45,46)/b47-29+;44-27+. The maximum atomic E-state index is 13.5. The number of esters is 7. The topological polar surface area (TPSA) is 296 Å². The van der Waals surface area contributed by atoms with Gasteiger partial charge in [0.15, 0.2) is 12.2 Å². The number of unbranched alkanes of at least 4 members (excludes halogenated alkanes) is 2. The van der Waals surface area contributed by atoms with Gasteiger partial charge < -0.3 is 52.1 Å². The maximum absolute atomic E-state index is 13.5. The molecular formula is C89H102N6O18S2. The van der Waals surface area contributed by atoms with Crippen LogP contribution in [0, 0.1) is 11.8 Å². The fourth-order valence-corrected chi connectivity index (χ4v) is 14.8.